The molecule has 1 aliphatic rings. The summed E-state index contributed by atoms with van der Waals surface area (Å²) in [4.78, 5) is 29.6. The summed E-state index contributed by atoms with van der Waals surface area (Å²) in [6.07, 6.45) is 0.659. The number of hydrogen-bond donors (Lipinski definition) is 1. The van der Waals surface area contributed by atoms with Gasteiger partial charge in [-0.05, 0) is 82.9 Å². The van der Waals surface area contributed by atoms with Gasteiger partial charge in [0, 0.05) is 22.2 Å². The fourth-order valence-corrected chi connectivity index (χ4v) is 4.35. The molecule has 33 heavy (non-hydrogen) atoms. The van der Waals surface area contributed by atoms with E-state index < -0.39 is 17.7 Å². The number of Topliss-reactive ketones (excluding diaryl/α,β-unsaturated/α-hetero) is 1. The molecule has 1 amide bonds. The van der Waals surface area contributed by atoms with Crippen molar-refractivity contribution in [1.82, 2.24) is 9.80 Å². The van der Waals surface area contributed by atoms with Crippen LogP contribution in [0.2, 0.25) is 10.0 Å². The van der Waals surface area contributed by atoms with Crippen molar-refractivity contribution < 1.29 is 19.4 Å². The van der Waals surface area contributed by atoms with E-state index in [0.29, 0.717) is 39.9 Å². The Bertz CT molecular complexity index is 1060. The van der Waals surface area contributed by atoms with Crippen LogP contribution in [0.1, 0.15) is 37.4 Å². The largest absolute Gasteiger partial charge is 0.507 e. The maximum absolute atomic E-state index is 13.1. The molecule has 176 valence electrons. The van der Waals surface area contributed by atoms with Gasteiger partial charge in [-0.2, -0.15) is 0 Å². The molecule has 1 heterocycles. The number of nitrogens with zero attached hydrogens (tertiary/aromatic N) is 2. The number of benzene rings is 2. The minimum atomic E-state index is -0.816. The smallest absolute Gasteiger partial charge is 0.295 e. The van der Waals surface area contributed by atoms with E-state index in [1.54, 1.807) is 42.5 Å². The van der Waals surface area contributed by atoms with Gasteiger partial charge in [-0.3, -0.25) is 9.59 Å². The zero-order valence-electron chi connectivity index (χ0n) is 19.1. The molecular formula is C25H28Cl2N2O4. The number of hydrogen-bond acceptors (Lipinski definition) is 5. The zero-order valence-corrected chi connectivity index (χ0v) is 20.7. The quantitative estimate of drug-likeness (QED) is 0.314. The average molecular weight is 491 g/mol. The van der Waals surface area contributed by atoms with Crippen molar-refractivity contribution in [3.63, 3.8) is 0 Å². The first-order chi connectivity index (χ1) is 15.6. The van der Waals surface area contributed by atoms with E-state index in [9.17, 15) is 14.7 Å². The predicted octanol–water partition coefficient (Wildman–Crippen LogP) is 5.15. The highest BCUT2D eigenvalue weighted by molar-refractivity contribution is 6.47. The molecule has 8 heteroatoms. The van der Waals surface area contributed by atoms with Gasteiger partial charge in [-0.15, -0.1) is 0 Å². The number of amides is 1. The molecule has 2 aromatic carbocycles. The summed E-state index contributed by atoms with van der Waals surface area (Å²) < 4.78 is 5.65. The Morgan fingerprint density at radius 3 is 2.36 bits per heavy atom. The Hall–Kier alpha value is -2.54. The molecular weight excluding hydrogens is 463 g/mol. The molecule has 0 saturated carbocycles. The average Bonchev–Trinajstić information content (AvgIpc) is 2.98. The van der Waals surface area contributed by atoms with Crippen LogP contribution in [0.25, 0.3) is 5.76 Å². The van der Waals surface area contributed by atoms with Crippen molar-refractivity contribution in [2.24, 2.45) is 0 Å². The number of ether oxygens (including phenoxy) is 1. The van der Waals surface area contributed by atoms with Gasteiger partial charge in [0.2, 0.25) is 0 Å². The van der Waals surface area contributed by atoms with Crippen molar-refractivity contribution in [2.75, 3.05) is 27.2 Å². The van der Waals surface area contributed by atoms with Crippen LogP contribution >= 0.6 is 23.2 Å². The number of ketones is 1. The summed E-state index contributed by atoms with van der Waals surface area (Å²) in [7, 11) is 3.88. The van der Waals surface area contributed by atoms with Crippen LogP contribution < -0.4 is 4.74 Å². The van der Waals surface area contributed by atoms with Crippen molar-refractivity contribution in [2.45, 2.75) is 32.4 Å². The van der Waals surface area contributed by atoms with Crippen LogP contribution in [-0.4, -0.2) is 59.9 Å². The number of carbonyl (C=O) groups excluding carboxylic acids is 2. The van der Waals surface area contributed by atoms with E-state index in [2.05, 4.69) is 0 Å². The molecule has 1 saturated heterocycles. The third-order valence-electron chi connectivity index (χ3n) is 5.30. The number of likely N-dealkylation sites (tertiary alicyclic amines) is 1. The summed E-state index contributed by atoms with van der Waals surface area (Å²) in [5, 5.41) is 11.9. The van der Waals surface area contributed by atoms with Gasteiger partial charge in [-0.25, -0.2) is 0 Å². The van der Waals surface area contributed by atoms with Gasteiger partial charge >= 0.3 is 0 Å². The number of carbonyl (C=O) groups is 2. The van der Waals surface area contributed by atoms with Crippen molar-refractivity contribution >= 4 is 40.7 Å². The van der Waals surface area contributed by atoms with Gasteiger partial charge in [0.15, 0.2) is 0 Å². The van der Waals surface area contributed by atoms with Crippen LogP contribution in [0.5, 0.6) is 5.75 Å². The molecule has 6 nitrogen and oxygen atoms in total. The molecule has 0 unspecified atom stereocenters. The van der Waals surface area contributed by atoms with Gasteiger partial charge in [-0.1, -0.05) is 29.3 Å². The summed E-state index contributed by atoms with van der Waals surface area (Å²) in [6, 6.07) is 10.8. The standard InChI is InChI=1S/C25H28Cl2N2O4/c1-15(2)33-18-9-6-16(7-10-18)23(30)21-22(19-11-8-17(26)14-20(19)27)29(25(32)24(21)31)13-5-12-28(3)4/h6-11,14-15,22,30H,5,12-13H2,1-4H3/b23-21+/t22-/m1/s1. The molecule has 1 N–H and O–H groups in total. The summed E-state index contributed by atoms with van der Waals surface area (Å²) in [5.74, 6) is -1.01. The van der Waals surface area contributed by atoms with Gasteiger partial charge in [0.1, 0.15) is 11.5 Å². The Kier molecular flexibility index (Phi) is 8.05. The minimum Gasteiger partial charge on any atom is -0.507 e. The number of aliphatic hydroxyl groups excluding tert-OH is 1. The number of rotatable bonds is 8. The zero-order chi connectivity index (χ0) is 24.3. The number of halogens is 2. The fraction of sp³-hybridized carbons (Fsp3) is 0.360. The second-order valence-electron chi connectivity index (χ2n) is 8.51. The van der Waals surface area contributed by atoms with Gasteiger partial charge in [0.25, 0.3) is 11.7 Å². The molecule has 1 aliphatic heterocycles. The van der Waals surface area contributed by atoms with Crippen LogP contribution in [0.15, 0.2) is 48.0 Å². The Morgan fingerprint density at radius 2 is 1.79 bits per heavy atom. The second-order valence-corrected chi connectivity index (χ2v) is 9.35. The third kappa shape index (κ3) is 5.69. The summed E-state index contributed by atoms with van der Waals surface area (Å²) in [5.41, 5.74) is 0.950. The second kappa shape index (κ2) is 10.6. The van der Waals surface area contributed by atoms with Gasteiger partial charge < -0.3 is 19.6 Å². The maximum atomic E-state index is 13.1. The van der Waals surface area contributed by atoms with E-state index in [1.165, 1.54) is 4.90 Å². The van der Waals surface area contributed by atoms with Crippen molar-refractivity contribution in [3.05, 3.63) is 69.2 Å². The molecule has 0 aliphatic carbocycles. The Labute approximate surface area is 204 Å². The lowest BCUT2D eigenvalue weighted by molar-refractivity contribution is -0.139. The van der Waals surface area contributed by atoms with Crippen LogP contribution in [-0.2, 0) is 9.59 Å². The minimum absolute atomic E-state index is 0.00369. The SMILES string of the molecule is CC(C)Oc1ccc(/C(O)=C2\C(=O)C(=O)N(CCCN(C)C)[C@@H]2c2ccc(Cl)cc2Cl)cc1. The molecule has 3 rings (SSSR count). The topological polar surface area (TPSA) is 70.1 Å². The lowest BCUT2D eigenvalue weighted by atomic mass is 9.95. The first-order valence-corrected chi connectivity index (χ1v) is 11.5. The molecule has 0 aromatic heterocycles. The molecule has 1 fully saturated rings. The molecule has 2 aromatic rings. The lowest BCUT2D eigenvalue weighted by Crippen LogP contribution is -2.32. The van der Waals surface area contributed by atoms with Crippen LogP contribution in [0.3, 0.4) is 0 Å². The highest BCUT2D eigenvalue weighted by atomic mass is 35.5. The first-order valence-electron chi connectivity index (χ1n) is 10.7. The lowest BCUT2D eigenvalue weighted by Gasteiger charge is -2.26. The first kappa shape index (κ1) is 25.1. The van der Waals surface area contributed by atoms with Crippen LogP contribution in [0.4, 0.5) is 0 Å². The van der Waals surface area contributed by atoms with Crippen LogP contribution in [0, 0.1) is 0 Å². The monoisotopic (exact) mass is 490 g/mol. The van der Waals surface area contributed by atoms with E-state index in [-0.39, 0.29) is 17.4 Å². The van der Waals surface area contributed by atoms with E-state index in [4.69, 9.17) is 27.9 Å². The van der Waals surface area contributed by atoms with Crippen molar-refractivity contribution in [1.29, 1.82) is 0 Å². The maximum Gasteiger partial charge on any atom is 0.295 e. The van der Waals surface area contributed by atoms with Crippen molar-refractivity contribution in [3.8, 4) is 5.75 Å². The normalized spacial score (nSPS) is 17.9. The Balaban J connectivity index is 2.08. The molecule has 1 atom stereocenters. The molecule has 0 spiro atoms. The van der Waals surface area contributed by atoms with E-state index >= 15 is 0 Å². The number of aliphatic hydroxyl groups is 1. The van der Waals surface area contributed by atoms with E-state index in [0.717, 1.165) is 6.54 Å². The highest BCUT2D eigenvalue weighted by Gasteiger charge is 2.46. The molecule has 0 radical (unpaired) electrons. The van der Waals surface area contributed by atoms with E-state index in [1.807, 2.05) is 32.8 Å². The summed E-state index contributed by atoms with van der Waals surface area (Å²) in [6.45, 7) is 4.91. The summed E-state index contributed by atoms with van der Waals surface area (Å²) >= 11 is 12.5. The molecule has 0 bridgehead atoms. The van der Waals surface area contributed by atoms with Gasteiger partial charge in [0.05, 0.1) is 17.7 Å². The predicted molar refractivity (Wildman–Crippen MR) is 131 cm³/mol. The third-order valence-corrected chi connectivity index (χ3v) is 5.86. The highest BCUT2D eigenvalue weighted by Crippen LogP contribution is 2.42. The fourth-order valence-electron chi connectivity index (χ4n) is 3.83. The Morgan fingerprint density at radius 1 is 1.12 bits per heavy atom.